The van der Waals surface area contributed by atoms with E-state index < -0.39 is 0 Å². The van der Waals surface area contributed by atoms with E-state index in [1.807, 2.05) is 52.7 Å². The lowest BCUT2D eigenvalue weighted by atomic mass is 9.98. The minimum Gasteiger partial charge on any atom is -0.420 e. The zero-order chi connectivity index (χ0) is 16.4. The van der Waals surface area contributed by atoms with Crippen LogP contribution in [0.2, 0.25) is 0 Å². The number of benzene rings is 1. The second kappa shape index (κ2) is 6.57. The van der Waals surface area contributed by atoms with Crippen LogP contribution in [0.5, 0.6) is 0 Å². The van der Waals surface area contributed by atoms with Crippen LogP contribution in [0.3, 0.4) is 0 Å². The number of thiophene rings is 1. The van der Waals surface area contributed by atoms with Gasteiger partial charge in [-0.3, -0.25) is 4.79 Å². The average Bonchev–Trinajstić information content (AvgIpc) is 3.34. The number of amides is 1. The first-order valence-electron chi connectivity index (χ1n) is 8.03. The predicted octanol–water partition coefficient (Wildman–Crippen LogP) is 3.82. The highest BCUT2D eigenvalue weighted by Crippen LogP contribution is 2.29. The summed E-state index contributed by atoms with van der Waals surface area (Å²) in [5.74, 6) is 1.36. The largest absolute Gasteiger partial charge is 0.420 e. The Bertz CT molecular complexity index is 814. The first-order valence-corrected chi connectivity index (χ1v) is 8.91. The molecule has 1 atom stereocenters. The van der Waals surface area contributed by atoms with Gasteiger partial charge >= 0.3 is 0 Å². The number of aromatic nitrogens is 2. The Balaban J connectivity index is 1.50. The van der Waals surface area contributed by atoms with Gasteiger partial charge in [0.05, 0.1) is 10.8 Å². The van der Waals surface area contributed by atoms with E-state index in [0.717, 1.165) is 29.8 Å². The maximum atomic E-state index is 12.5. The molecule has 5 nitrogen and oxygen atoms in total. The van der Waals surface area contributed by atoms with Crippen molar-refractivity contribution in [2.45, 2.75) is 18.8 Å². The van der Waals surface area contributed by atoms with E-state index >= 15 is 0 Å². The summed E-state index contributed by atoms with van der Waals surface area (Å²) in [6, 6.07) is 13.5. The van der Waals surface area contributed by atoms with Gasteiger partial charge in [-0.05, 0) is 36.4 Å². The zero-order valence-corrected chi connectivity index (χ0v) is 13.9. The molecule has 3 heterocycles. The van der Waals surface area contributed by atoms with E-state index in [-0.39, 0.29) is 11.8 Å². The summed E-state index contributed by atoms with van der Waals surface area (Å²) >= 11 is 1.48. The van der Waals surface area contributed by atoms with Crippen LogP contribution in [0, 0.1) is 0 Å². The molecule has 122 valence electrons. The van der Waals surface area contributed by atoms with Crippen LogP contribution in [0.4, 0.5) is 0 Å². The number of hydrogen-bond donors (Lipinski definition) is 0. The van der Waals surface area contributed by atoms with Gasteiger partial charge in [-0.25, -0.2) is 0 Å². The molecule has 1 aliphatic rings. The Morgan fingerprint density at radius 2 is 2.04 bits per heavy atom. The molecule has 0 radical (unpaired) electrons. The molecule has 24 heavy (non-hydrogen) atoms. The monoisotopic (exact) mass is 339 g/mol. The minimum atomic E-state index is 0.0949. The molecule has 1 fully saturated rings. The summed E-state index contributed by atoms with van der Waals surface area (Å²) in [6.45, 7) is 1.42. The molecule has 2 aromatic heterocycles. The second-order valence-electron chi connectivity index (χ2n) is 5.88. The molecule has 0 bridgehead atoms. The van der Waals surface area contributed by atoms with E-state index in [2.05, 4.69) is 10.2 Å². The summed E-state index contributed by atoms with van der Waals surface area (Å²) in [4.78, 5) is 15.2. The fraction of sp³-hybridized carbons (Fsp3) is 0.278. The van der Waals surface area contributed by atoms with E-state index in [9.17, 15) is 4.79 Å². The van der Waals surface area contributed by atoms with Gasteiger partial charge in [0.15, 0.2) is 0 Å². The van der Waals surface area contributed by atoms with Crippen molar-refractivity contribution in [2.75, 3.05) is 13.1 Å². The molecule has 6 heteroatoms. The molecule has 0 saturated carbocycles. The van der Waals surface area contributed by atoms with Crippen LogP contribution in [0.25, 0.3) is 11.5 Å². The molecule has 0 aliphatic carbocycles. The molecule has 3 aromatic rings. The van der Waals surface area contributed by atoms with Crippen molar-refractivity contribution >= 4 is 17.2 Å². The topological polar surface area (TPSA) is 59.2 Å². The highest BCUT2D eigenvalue weighted by molar-refractivity contribution is 7.12. The Hall–Kier alpha value is -2.47. The smallest absolute Gasteiger partial charge is 0.263 e. The number of nitrogens with zero attached hydrogens (tertiary/aromatic N) is 3. The molecule has 1 saturated heterocycles. The minimum absolute atomic E-state index is 0.0949. The quantitative estimate of drug-likeness (QED) is 0.728. The first-order chi connectivity index (χ1) is 11.8. The normalized spacial score (nSPS) is 17.8. The molecular weight excluding hydrogens is 322 g/mol. The SMILES string of the molecule is O=C(c1cccs1)N1CCC[C@@H](c2nnc(-c3ccccc3)o2)C1. The van der Waals surface area contributed by atoms with Gasteiger partial charge in [0.2, 0.25) is 11.8 Å². The molecule has 1 aliphatic heterocycles. The van der Waals surface area contributed by atoms with Crippen LogP contribution < -0.4 is 0 Å². The number of piperidine rings is 1. The van der Waals surface area contributed by atoms with Gasteiger partial charge < -0.3 is 9.32 Å². The summed E-state index contributed by atoms with van der Waals surface area (Å²) in [5, 5.41) is 10.3. The Morgan fingerprint density at radius 1 is 1.17 bits per heavy atom. The molecule has 0 spiro atoms. The van der Waals surface area contributed by atoms with Crippen molar-refractivity contribution in [2.24, 2.45) is 0 Å². The molecular formula is C18H17N3O2S. The van der Waals surface area contributed by atoms with E-state index in [1.165, 1.54) is 11.3 Å². The summed E-state index contributed by atoms with van der Waals surface area (Å²) in [5.41, 5.74) is 0.915. The Labute approximate surface area is 143 Å². The van der Waals surface area contributed by atoms with Crippen molar-refractivity contribution in [3.05, 3.63) is 58.6 Å². The Kier molecular flexibility index (Phi) is 4.13. The predicted molar refractivity (Wildman–Crippen MR) is 91.9 cm³/mol. The van der Waals surface area contributed by atoms with E-state index in [0.29, 0.717) is 18.3 Å². The van der Waals surface area contributed by atoms with Gasteiger partial charge in [-0.15, -0.1) is 21.5 Å². The van der Waals surface area contributed by atoms with Crippen LogP contribution in [0.15, 0.2) is 52.3 Å². The highest BCUT2D eigenvalue weighted by atomic mass is 32.1. The lowest BCUT2D eigenvalue weighted by Crippen LogP contribution is -2.38. The maximum Gasteiger partial charge on any atom is 0.263 e. The van der Waals surface area contributed by atoms with Crippen molar-refractivity contribution in [1.29, 1.82) is 0 Å². The summed E-state index contributed by atoms with van der Waals surface area (Å²) < 4.78 is 5.87. The zero-order valence-electron chi connectivity index (χ0n) is 13.1. The number of carbonyl (C=O) groups excluding carboxylic acids is 1. The molecule has 1 aromatic carbocycles. The average molecular weight is 339 g/mol. The van der Waals surface area contributed by atoms with Crippen molar-refractivity contribution in [3.8, 4) is 11.5 Å². The third kappa shape index (κ3) is 2.97. The van der Waals surface area contributed by atoms with Crippen LogP contribution in [-0.2, 0) is 0 Å². The number of rotatable bonds is 3. The molecule has 1 amide bonds. The van der Waals surface area contributed by atoms with Gasteiger partial charge in [0, 0.05) is 18.7 Å². The molecule has 0 unspecified atom stereocenters. The molecule has 4 rings (SSSR count). The summed E-state index contributed by atoms with van der Waals surface area (Å²) in [7, 11) is 0. The number of carbonyl (C=O) groups is 1. The van der Waals surface area contributed by atoms with E-state index in [4.69, 9.17) is 4.42 Å². The van der Waals surface area contributed by atoms with Crippen LogP contribution in [-0.4, -0.2) is 34.1 Å². The first kappa shape index (κ1) is 15.1. The maximum absolute atomic E-state index is 12.5. The lowest BCUT2D eigenvalue weighted by molar-refractivity contribution is 0.0703. The highest BCUT2D eigenvalue weighted by Gasteiger charge is 2.29. The van der Waals surface area contributed by atoms with Crippen molar-refractivity contribution in [1.82, 2.24) is 15.1 Å². The van der Waals surface area contributed by atoms with Gasteiger partial charge in [-0.2, -0.15) is 0 Å². The second-order valence-corrected chi connectivity index (χ2v) is 6.83. The van der Waals surface area contributed by atoms with E-state index in [1.54, 1.807) is 0 Å². The number of hydrogen-bond acceptors (Lipinski definition) is 5. The standard InChI is InChI=1S/C18H17N3O2S/c22-18(15-9-5-11-24-15)21-10-4-8-14(12-21)17-20-19-16(23-17)13-6-2-1-3-7-13/h1-3,5-7,9,11,14H,4,8,10,12H2/t14-/m1/s1. The lowest BCUT2D eigenvalue weighted by Gasteiger charge is -2.30. The van der Waals surface area contributed by atoms with Gasteiger partial charge in [-0.1, -0.05) is 24.3 Å². The Morgan fingerprint density at radius 3 is 2.83 bits per heavy atom. The number of likely N-dealkylation sites (tertiary alicyclic amines) is 1. The summed E-state index contributed by atoms with van der Waals surface area (Å²) in [6.07, 6.45) is 1.91. The third-order valence-corrected chi connectivity index (χ3v) is 5.11. The third-order valence-electron chi connectivity index (χ3n) is 4.25. The molecule has 0 N–H and O–H groups in total. The van der Waals surface area contributed by atoms with Gasteiger partial charge in [0.25, 0.3) is 5.91 Å². The fourth-order valence-corrected chi connectivity index (χ4v) is 3.71. The fourth-order valence-electron chi connectivity index (χ4n) is 3.02. The van der Waals surface area contributed by atoms with Crippen molar-refractivity contribution in [3.63, 3.8) is 0 Å². The van der Waals surface area contributed by atoms with Crippen molar-refractivity contribution < 1.29 is 9.21 Å². The van der Waals surface area contributed by atoms with Crippen LogP contribution in [0.1, 0.15) is 34.3 Å². The van der Waals surface area contributed by atoms with Gasteiger partial charge in [0.1, 0.15) is 0 Å². The van der Waals surface area contributed by atoms with Crippen LogP contribution >= 0.6 is 11.3 Å².